The van der Waals surface area contributed by atoms with Gasteiger partial charge in [0.15, 0.2) is 6.10 Å². The van der Waals surface area contributed by atoms with Crippen LogP contribution < -0.4 is 0 Å². The second-order valence-electron chi connectivity index (χ2n) is 16.8. The summed E-state index contributed by atoms with van der Waals surface area (Å²) in [4.78, 5) is 37.8. The Labute approximate surface area is 359 Å². The van der Waals surface area contributed by atoms with Crippen LogP contribution in [0.3, 0.4) is 0 Å². The first kappa shape index (κ1) is 55.6. The Kier molecular flexibility index (Phi) is 45.4. The molecule has 0 saturated heterocycles. The summed E-state index contributed by atoms with van der Waals surface area (Å²) >= 11 is 0. The summed E-state index contributed by atoms with van der Waals surface area (Å²) in [5.41, 5.74) is 0. The second kappa shape index (κ2) is 47.3. The number of carbonyl (C=O) groups excluding carboxylic acids is 3. The predicted molar refractivity (Wildman–Crippen MR) is 247 cm³/mol. The summed E-state index contributed by atoms with van der Waals surface area (Å²) in [5, 5.41) is 0. The van der Waals surface area contributed by atoms with Crippen LogP contribution in [0.15, 0.2) is 36.5 Å². The van der Waals surface area contributed by atoms with Gasteiger partial charge in [0.2, 0.25) is 0 Å². The van der Waals surface area contributed by atoms with Crippen molar-refractivity contribution < 1.29 is 28.6 Å². The van der Waals surface area contributed by atoms with Gasteiger partial charge in [-0.05, 0) is 57.8 Å². The Bertz CT molecular complexity index is 984. The largest absolute Gasteiger partial charge is 0.462 e. The standard InChI is InChI=1S/C52H94O6/c1-4-7-10-13-16-19-22-23-24-25-26-27-28-29-31-33-36-39-42-45-51(54)57-48-49(47-56-50(53)44-41-38-35-32-21-18-15-12-9-6-3)58-52(55)46-43-40-37-34-30-20-17-14-11-8-5-2/h14-15,17-18,20,30,49H,4-13,16,19,21-29,31-48H2,1-3H3/b17-14-,18-15-,30-20-. The van der Waals surface area contributed by atoms with Crippen molar-refractivity contribution in [1.82, 2.24) is 0 Å². The van der Waals surface area contributed by atoms with Crippen molar-refractivity contribution in [2.75, 3.05) is 13.2 Å². The lowest BCUT2D eigenvalue weighted by Crippen LogP contribution is -2.30. The normalized spacial score (nSPS) is 12.3. The number of esters is 3. The van der Waals surface area contributed by atoms with Gasteiger partial charge in [0.1, 0.15) is 13.2 Å². The Morgan fingerprint density at radius 1 is 0.345 bits per heavy atom. The van der Waals surface area contributed by atoms with Gasteiger partial charge in [0.25, 0.3) is 0 Å². The molecule has 0 saturated carbocycles. The third-order valence-corrected chi connectivity index (χ3v) is 10.9. The average molecular weight is 815 g/mol. The topological polar surface area (TPSA) is 78.9 Å². The first-order valence-electron chi connectivity index (χ1n) is 25.0. The molecule has 0 aliphatic rings. The van der Waals surface area contributed by atoms with Crippen LogP contribution in [0.1, 0.15) is 258 Å². The maximum atomic E-state index is 12.7. The number of carbonyl (C=O) groups is 3. The van der Waals surface area contributed by atoms with Gasteiger partial charge in [-0.2, -0.15) is 0 Å². The van der Waals surface area contributed by atoms with E-state index in [1.807, 2.05) is 0 Å². The Morgan fingerprint density at radius 2 is 0.638 bits per heavy atom. The molecule has 0 aliphatic heterocycles. The minimum atomic E-state index is -0.785. The molecule has 0 aromatic heterocycles. The van der Waals surface area contributed by atoms with Gasteiger partial charge in [-0.25, -0.2) is 0 Å². The number of unbranched alkanes of at least 4 members (excludes halogenated alkanes) is 29. The van der Waals surface area contributed by atoms with Gasteiger partial charge in [-0.1, -0.05) is 218 Å². The maximum Gasteiger partial charge on any atom is 0.306 e. The van der Waals surface area contributed by atoms with Crippen LogP contribution in [0.4, 0.5) is 0 Å². The molecule has 0 fully saturated rings. The van der Waals surface area contributed by atoms with Crippen molar-refractivity contribution in [3.05, 3.63) is 36.5 Å². The fourth-order valence-electron chi connectivity index (χ4n) is 7.05. The van der Waals surface area contributed by atoms with Gasteiger partial charge in [-0.3, -0.25) is 14.4 Å². The molecule has 1 unspecified atom stereocenters. The minimum Gasteiger partial charge on any atom is -0.462 e. The second-order valence-corrected chi connectivity index (χ2v) is 16.8. The third-order valence-electron chi connectivity index (χ3n) is 10.9. The molecule has 0 rings (SSSR count). The number of rotatable bonds is 45. The zero-order valence-electron chi connectivity index (χ0n) is 38.6. The number of allylic oxidation sites excluding steroid dienone is 6. The highest BCUT2D eigenvalue weighted by molar-refractivity contribution is 5.71. The molecular formula is C52H94O6. The summed E-state index contributed by atoms with van der Waals surface area (Å²) in [5.74, 6) is -0.920. The highest BCUT2D eigenvalue weighted by Crippen LogP contribution is 2.16. The van der Waals surface area contributed by atoms with E-state index in [0.717, 1.165) is 89.9 Å². The van der Waals surface area contributed by atoms with Crippen LogP contribution in [-0.2, 0) is 28.6 Å². The van der Waals surface area contributed by atoms with E-state index in [1.165, 1.54) is 128 Å². The highest BCUT2D eigenvalue weighted by Gasteiger charge is 2.19. The van der Waals surface area contributed by atoms with Crippen LogP contribution in [-0.4, -0.2) is 37.2 Å². The Hall–Kier alpha value is -2.37. The van der Waals surface area contributed by atoms with Crippen LogP contribution >= 0.6 is 0 Å². The maximum absolute atomic E-state index is 12.7. The van der Waals surface area contributed by atoms with Crippen molar-refractivity contribution in [2.24, 2.45) is 0 Å². The van der Waals surface area contributed by atoms with Gasteiger partial charge in [0, 0.05) is 19.3 Å². The molecule has 0 radical (unpaired) electrons. The molecule has 58 heavy (non-hydrogen) atoms. The molecule has 0 amide bonds. The van der Waals surface area contributed by atoms with E-state index < -0.39 is 6.10 Å². The summed E-state index contributed by atoms with van der Waals surface area (Å²) in [6.07, 6.45) is 54.3. The SMILES string of the molecule is CCCC/C=C\C=C/CCCCCC(=O)OC(COC(=O)CCCCCC/C=C\CCCC)COC(=O)CCCCCCCCCCCCCCCCCCCCC. The van der Waals surface area contributed by atoms with Gasteiger partial charge >= 0.3 is 17.9 Å². The fourth-order valence-corrected chi connectivity index (χ4v) is 7.05. The zero-order valence-corrected chi connectivity index (χ0v) is 38.6. The van der Waals surface area contributed by atoms with Crippen LogP contribution in [0.2, 0.25) is 0 Å². The van der Waals surface area contributed by atoms with Gasteiger partial charge < -0.3 is 14.2 Å². The Balaban J connectivity index is 4.27. The lowest BCUT2D eigenvalue weighted by molar-refractivity contribution is -0.167. The van der Waals surface area contributed by atoms with E-state index in [1.54, 1.807) is 0 Å². The molecule has 0 aromatic carbocycles. The van der Waals surface area contributed by atoms with Crippen LogP contribution in [0.25, 0.3) is 0 Å². The molecule has 0 aromatic rings. The first-order chi connectivity index (χ1) is 28.5. The van der Waals surface area contributed by atoms with Crippen molar-refractivity contribution in [3.8, 4) is 0 Å². The summed E-state index contributed by atoms with van der Waals surface area (Å²) in [7, 11) is 0. The zero-order chi connectivity index (χ0) is 42.3. The quantitative estimate of drug-likeness (QED) is 0.0200. The van der Waals surface area contributed by atoms with E-state index in [4.69, 9.17) is 14.2 Å². The molecule has 1 atom stereocenters. The van der Waals surface area contributed by atoms with Gasteiger partial charge in [-0.15, -0.1) is 0 Å². The average Bonchev–Trinajstić information content (AvgIpc) is 3.22. The van der Waals surface area contributed by atoms with E-state index in [2.05, 4.69) is 57.2 Å². The molecule has 0 heterocycles. The number of hydrogen-bond donors (Lipinski definition) is 0. The van der Waals surface area contributed by atoms with E-state index >= 15 is 0 Å². The predicted octanol–water partition coefficient (Wildman–Crippen LogP) is 16.1. The van der Waals surface area contributed by atoms with Crippen LogP contribution in [0.5, 0.6) is 0 Å². The van der Waals surface area contributed by atoms with Crippen molar-refractivity contribution in [1.29, 1.82) is 0 Å². The molecule has 0 spiro atoms. The Morgan fingerprint density at radius 3 is 1.05 bits per heavy atom. The molecule has 6 nitrogen and oxygen atoms in total. The fraction of sp³-hybridized carbons (Fsp3) is 0.827. The van der Waals surface area contributed by atoms with Crippen molar-refractivity contribution in [2.45, 2.75) is 264 Å². The van der Waals surface area contributed by atoms with Gasteiger partial charge in [0.05, 0.1) is 0 Å². The van der Waals surface area contributed by atoms with E-state index in [0.29, 0.717) is 19.3 Å². The molecule has 6 heteroatoms. The summed E-state index contributed by atoms with van der Waals surface area (Å²) in [6, 6.07) is 0. The summed E-state index contributed by atoms with van der Waals surface area (Å²) in [6.45, 7) is 6.52. The minimum absolute atomic E-state index is 0.0840. The van der Waals surface area contributed by atoms with E-state index in [-0.39, 0.29) is 31.1 Å². The number of ether oxygens (including phenoxy) is 3. The molecule has 0 bridgehead atoms. The molecule has 0 aliphatic carbocycles. The lowest BCUT2D eigenvalue weighted by Gasteiger charge is -2.18. The number of hydrogen-bond acceptors (Lipinski definition) is 6. The van der Waals surface area contributed by atoms with Crippen molar-refractivity contribution >= 4 is 17.9 Å². The molecule has 0 N–H and O–H groups in total. The van der Waals surface area contributed by atoms with E-state index in [9.17, 15) is 14.4 Å². The van der Waals surface area contributed by atoms with Crippen LogP contribution in [0, 0.1) is 0 Å². The van der Waals surface area contributed by atoms with Crippen molar-refractivity contribution in [3.63, 3.8) is 0 Å². The highest BCUT2D eigenvalue weighted by atomic mass is 16.6. The summed E-state index contributed by atoms with van der Waals surface area (Å²) < 4.78 is 16.7. The lowest BCUT2D eigenvalue weighted by atomic mass is 10.0. The first-order valence-corrected chi connectivity index (χ1v) is 25.0. The smallest absolute Gasteiger partial charge is 0.306 e. The molecular weight excluding hydrogens is 721 g/mol. The molecule has 338 valence electrons. The monoisotopic (exact) mass is 815 g/mol. The third kappa shape index (κ3) is 44.7.